The van der Waals surface area contributed by atoms with Gasteiger partial charge in [-0.05, 0) is 17.7 Å². The summed E-state index contributed by atoms with van der Waals surface area (Å²) < 4.78 is 4.42. The van der Waals surface area contributed by atoms with Crippen LogP contribution in [0, 0.1) is 0 Å². The molecule has 0 saturated carbocycles. The van der Waals surface area contributed by atoms with E-state index in [-0.39, 0.29) is 10.6 Å². The molecule has 5 heteroatoms. The van der Waals surface area contributed by atoms with Crippen molar-refractivity contribution in [2.45, 2.75) is 12.3 Å². The molecule has 0 spiro atoms. The third-order valence-corrected chi connectivity index (χ3v) is 2.60. The Morgan fingerprint density at radius 3 is 2.60 bits per heavy atom. The van der Waals surface area contributed by atoms with Gasteiger partial charge in [-0.25, -0.2) is 4.79 Å². The first kappa shape index (κ1) is 12.2. The van der Waals surface area contributed by atoms with Crippen molar-refractivity contribution in [2.24, 2.45) is 0 Å². The number of hydrogen-bond acceptors (Lipinski definition) is 3. The summed E-state index contributed by atoms with van der Waals surface area (Å²) in [4.78, 5) is 21.9. The molecule has 1 aromatic rings. The first-order chi connectivity index (χ1) is 7.04. The summed E-state index contributed by atoms with van der Waals surface area (Å²) in [7, 11) is 0. The number of hydrogen-bond donors (Lipinski definition) is 0. The Morgan fingerprint density at radius 2 is 2.13 bits per heavy atom. The fourth-order valence-corrected chi connectivity index (χ4v) is 1.62. The topological polar surface area (TPSA) is 43.4 Å². The van der Waals surface area contributed by atoms with E-state index in [9.17, 15) is 9.59 Å². The zero-order valence-electron chi connectivity index (χ0n) is 7.92. The van der Waals surface area contributed by atoms with Gasteiger partial charge >= 0.3 is 11.9 Å². The minimum absolute atomic E-state index is 0.191. The number of ether oxygens (including phenoxy) is 1. The molecule has 80 valence electrons. The van der Waals surface area contributed by atoms with E-state index in [0.29, 0.717) is 5.33 Å². The highest BCUT2D eigenvalue weighted by molar-refractivity contribution is 9.08. The Balaban J connectivity index is 2.95. The lowest BCUT2D eigenvalue weighted by atomic mass is 10.1. The van der Waals surface area contributed by atoms with Crippen LogP contribution < -0.4 is 0 Å². The molecular weight excluding hydrogens is 283 g/mol. The second-order valence-corrected chi connectivity index (χ2v) is 3.80. The maximum Gasteiger partial charge on any atom is 0.347 e. The average molecular weight is 292 g/mol. The smallest absolute Gasteiger partial charge is 0.347 e. The van der Waals surface area contributed by atoms with E-state index in [2.05, 4.69) is 20.7 Å². The molecule has 0 fully saturated rings. The lowest BCUT2D eigenvalue weighted by molar-refractivity contribution is -0.135. The molecule has 0 aromatic heterocycles. The van der Waals surface area contributed by atoms with Crippen molar-refractivity contribution < 1.29 is 14.3 Å². The van der Waals surface area contributed by atoms with Crippen molar-refractivity contribution in [3.05, 3.63) is 34.3 Å². The maximum atomic E-state index is 11.3. The minimum atomic E-state index is -0.728. The highest BCUT2D eigenvalue weighted by atomic mass is 79.9. The minimum Gasteiger partial charge on any atom is -0.390 e. The van der Waals surface area contributed by atoms with Gasteiger partial charge in [0.05, 0.1) is 10.6 Å². The zero-order chi connectivity index (χ0) is 11.4. The molecule has 0 aliphatic rings. The van der Waals surface area contributed by atoms with Gasteiger partial charge in [0, 0.05) is 12.3 Å². The number of carbonyl (C=O) groups excluding carboxylic acids is 2. The fraction of sp³-hybridized carbons (Fsp3) is 0.200. The van der Waals surface area contributed by atoms with Crippen molar-refractivity contribution in [3.63, 3.8) is 0 Å². The Labute approximate surface area is 100 Å². The molecule has 0 amide bonds. The lowest BCUT2D eigenvalue weighted by Gasteiger charge is -2.03. The normalized spacial score (nSPS) is 9.80. The molecule has 0 unspecified atom stereocenters. The van der Waals surface area contributed by atoms with Gasteiger partial charge < -0.3 is 4.74 Å². The molecule has 0 N–H and O–H groups in total. The highest BCUT2D eigenvalue weighted by Crippen LogP contribution is 2.20. The van der Waals surface area contributed by atoms with Gasteiger partial charge in [-0.3, -0.25) is 4.79 Å². The van der Waals surface area contributed by atoms with Crippen LogP contribution in [0.25, 0.3) is 0 Å². The van der Waals surface area contributed by atoms with E-state index in [0.717, 1.165) is 5.56 Å². The van der Waals surface area contributed by atoms with E-state index in [1.165, 1.54) is 13.0 Å². The van der Waals surface area contributed by atoms with Crippen LogP contribution in [0.5, 0.6) is 0 Å². The molecule has 1 aromatic carbocycles. The van der Waals surface area contributed by atoms with E-state index in [1.54, 1.807) is 12.1 Å². The monoisotopic (exact) mass is 290 g/mol. The number of esters is 2. The number of halogens is 2. The Morgan fingerprint density at radius 1 is 1.47 bits per heavy atom. The zero-order valence-corrected chi connectivity index (χ0v) is 10.3. The quantitative estimate of drug-likeness (QED) is 0.478. The van der Waals surface area contributed by atoms with Crippen LogP contribution in [-0.4, -0.2) is 11.9 Å². The van der Waals surface area contributed by atoms with Gasteiger partial charge in [0.1, 0.15) is 0 Å². The summed E-state index contributed by atoms with van der Waals surface area (Å²) in [5.41, 5.74) is 1.14. The second-order valence-electron chi connectivity index (χ2n) is 2.83. The van der Waals surface area contributed by atoms with E-state index in [1.807, 2.05) is 0 Å². The maximum absolute atomic E-state index is 11.3. The standard InChI is InChI=1S/C10H8BrClO3/c1-6(13)15-10(14)8-3-2-7(5-11)4-9(8)12/h2-4H,5H2,1H3. The summed E-state index contributed by atoms with van der Waals surface area (Å²) in [6.07, 6.45) is 0. The Hall–Kier alpha value is -0.870. The second kappa shape index (κ2) is 5.28. The van der Waals surface area contributed by atoms with Crippen LogP contribution in [0.15, 0.2) is 18.2 Å². The molecule has 3 nitrogen and oxygen atoms in total. The molecule has 0 saturated heterocycles. The van der Waals surface area contributed by atoms with E-state index >= 15 is 0 Å². The largest absolute Gasteiger partial charge is 0.390 e. The molecule has 0 radical (unpaired) electrons. The lowest BCUT2D eigenvalue weighted by Crippen LogP contribution is -2.09. The third-order valence-electron chi connectivity index (χ3n) is 1.64. The Bertz CT molecular complexity index is 404. The molecule has 0 aliphatic heterocycles. The van der Waals surface area contributed by atoms with Gasteiger partial charge in [0.25, 0.3) is 0 Å². The van der Waals surface area contributed by atoms with Crippen LogP contribution in [-0.2, 0) is 14.9 Å². The first-order valence-corrected chi connectivity index (χ1v) is 5.61. The molecule has 0 heterocycles. The predicted octanol–water partition coefficient (Wildman–Crippen LogP) is 2.94. The van der Waals surface area contributed by atoms with Crippen molar-refractivity contribution in [1.82, 2.24) is 0 Å². The predicted molar refractivity (Wildman–Crippen MR) is 60.2 cm³/mol. The molecule has 15 heavy (non-hydrogen) atoms. The van der Waals surface area contributed by atoms with Gasteiger partial charge in [-0.1, -0.05) is 33.6 Å². The van der Waals surface area contributed by atoms with Crippen LogP contribution in [0.1, 0.15) is 22.8 Å². The number of alkyl halides is 1. The first-order valence-electron chi connectivity index (χ1n) is 4.11. The van der Waals surface area contributed by atoms with Gasteiger partial charge in [-0.15, -0.1) is 0 Å². The van der Waals surface area contributed by atoms with Gasteiger partial charge in [0.2, 0.25) is 0 Å². The summed E-state index contributed by atoms with van der Waals surface area (Å²) in [6.45, 7) is 1.17. The highest BCUT2D eigenvalue weighted by Gasteiger charge is 2.13. The van der Waals surface area contributed by atoms with E-state index < -0.39 is 11.9 Å². The van der Waals surface area contributed by atoms with Crippen molar-refractivity contribution in [1.29, 1.82) is 0 Å². The molecule has 1 rings (SSSR count). The van der Waals surface area contributed by atoms with Crippen LogP contribution in [0.3, 0.4) is 0 Å². The summed E-state index contributed by atoms with van der Waals surface area (Å²) in [6, 6.07) is 4.91. The average Bonchev–Trinajstić information content (AvgIpc) is 2.16. The van der Waals surface area contributed by atoms with Crippen molar-refractivity contribution in [2.75, 3.05) is 0 Å². The molecule has 0 aliphatic carbocycles. The Kier molecular flexibility index (Phi) is 4.29. The third kappa shape index (κ3) is 3.32. The van der Waals surface area contributed by atoms with Gasteiger partial charge in [0.15, 0.2) is 0 Å². The SMILES string of the molecule is CC(=O)OC(=O)c1ccc(CBr)cc1Cl. The van der Waals surface area contributed by atoms with Gasteiger partial charge in [-0.2, -0.15) is 0 Å². The summed E-state index contributed by atoms with van der Waals surface area (Å²) in [5.74, 6) is -1.38. The van der Waals surface area contributed by atoms with Crippen LogP contribution >= 0.6 is 27.5 Å². The van der Waals surface area contributed by atoms with Crippen molar-refractivity contribution in [3.8, 4) is 0 Å². The molecule has 0 bridgehead atoms. The fourth-order valence-electron chi connectivity index (χ4n) is 0.993. The van der Waals surface area contributed by atoms with E-state index in [4.69, 9.17) is 11.6 Å². The number of rotatable bonds is 2. The van der Waals surface area contributed by atoms with Crippen LogP contribution in [0.2, 0.25) is 5.02 Å². The molecule has 0 atom stereocenters. The van der Waals surface area contributed by atoms with Crippen molar-refractivity contribution >= 4 is 39.5 Å². The molecular formula is C10H8BrClO3. The summed E-state index contributed by atoms with van der Waals surface area (Å²) in [5, 5.41) is 0.924. The number of benzene rings is 1. The van der Waals surface area contributed by atoms with Crippen LogP contribution in [0.4, 0.5) is 0 Å². The number of carbonyl (C=O) groups is 2. The summed E-state index contributed by atoms with van der Waals surface area (Å²) >= 11 is 9.12.